The fraction of sp³-hybridized carbons (Fsp3) is 0.462. The van der Waals surface area contributed by atoms with Gasteiger partial charge in [-0.05, 0) is 6.07 Å². The van der Waals surface area contributed by atoms with Crippen molar-refractivity contribution in [2.75, 3.05) is 32.9 Å². The third-order valence-corrected chi connectivity index (χ3v) is 3.54. The molecule has 7 nitrogen and oxygen atoms in total. The maximum absolute atomic E-state index is 13.5. The molecule has 0 amide bonds. The van der Waals surface area contributed by atoms with Crippen molar-refractivity contribution in [2.24, 2.45) is 0 Å². The Labute approximate surface area is 145 Å². The van der Waals surface area contributed by atoms with Gasteiger partial charge in [0.1, 0.15) is 6.67 Å². The monoisotopic (exact) mass is 366 g/mol. The van der Waals surface area contributed by atoms with Crippen LogP contribution in [0.5, 0.6) is 5.75 Å². The minimum Gasteiger partial charge on any atom is -0.502 e. The summed E-state index contributed by atoms with van der Waals surface area (Å²) >= 11 is 0. The van der Waals surface area contributed by atoms with Gasteiger partial charge in [0.05, 0.1) is 22.6 Å². The summed E-state index contributed by atoms with van der Waals surface area (Å²) in [4.78, 5) is 12.0. The first-order chi connectivity index (χ1) is 10.1. The molecule has 1 atom stereocenters. The molecule has 0 unspecified atom stereocenters. The molecule has 2 rings (SSSR count). The highest BCUT2D eigenvalue weighted by atomic mass is 35.5. The molecule has 0 aliphatic carbocycles. The predicted octanol–water partition coefficient (Wildman–Crippen LogP) is 1.93. The van der Waals surface area contributed by atoms with Gasteiger partial charge in [-0.1, -0.05) is 0 Å². The number of hydrogen-bond acceptors (Lipinski definition) is 6. The fourth-order valence-corrected chi connectivity index (χ4v) is 2.47. The Hall–Kier alpha value is -1.66. The Morgan fingerprint density at radius 1 is 1.43 bits per heavy atom. The lowest BCUT2D eigenvalue weighted by molar-refractivity contribution is -0.386. The molecule has 1 aliphatic rings. The molecule has 1 fully saturated rings. The van der Waals surface area contributed by atoms with Crippen LogP contribution in [0.1, 0.15) is 17.2 Å². The number of alkyl halides is 1. The molecule has 0 bridgehead atoms. The summed E-state index contributed by atoms with van der Waals surface area (Å²) in [7, 11) is 0. The Morgan fingerprint density at radius 2 is 2.04 bits per heavy atom. The standard InChI is InChI=1S/C13H15FN4O3.2ClH/c14-7-12(17-3-1-16-2-4-17)10-5-9(8-15)6-11(13(10)19)18(20)21;;/h5-6,12,16,19H,1-4,7H2;2*1H/t12-;;/m1../s1. The number of phenols is 1. The highest BCUT2D eigenvalue weighted by molar-refractivity contribution is 5.85. The number of nitro benzene ring substituents is 1. The lowest BCUT2D eigenvalue weighted by Crippen LogP contribution is -2.45. The van der Waals surface area contributed by atoms with E-state index in [9.17, 15) is 19.6 Å². The van der Waals surface area contributed by atoms with Crippen molar-refractivity contribution in [2.45, 2.75) is 6.04 Å². The van der Waals surface area contributed by atoms with Crippen LogP contribution < -0.4 is 5.32 Å². The molecule has 0 saturated carbocycles. The van der Waals surface area contributed by atoms with Crippen LogP contribution in [0.25, 0.3) is 0 Å². The zero-order chi connectivity index (χ0) is 15.4. The van der Waals surface area contributed by atoms with Crippen molar-refractivity contribution in [1.82, 2.24) is 10.2 Å². The van der Waals surface area contributed by atoms with E-state index in [0.717, 1.165) is 6.07 Å². The highest BCUT2D eigenvalue weighted by Gasteiger charge is 2.29. The summed E-state index contributed by atoms with van der Waals surface area (Å²) in [6.45, 7) is 1.70. The lowest BCUT2D eigenvalue weighted by Gasteiger charge is -2.33. The van der Waals surface area contributed by atoms with E-state index in [1.807, 2.05) is 0 Å². The summed E-state index contributed by atoms with van der Waals surface area (Å²) in [6.07, 6.45) is 0. The smallest absolute Gasteiger partial charge is 0.312 e. The van der Waals surface area contributed by atoms with Crippen LogP contribution in [0, 0.1) is 21.4 Å². The number of aromatic hydroxyl groups is 1. The Balaban J connectivity index is 0.00000242. The van der Waals surface area contributed by atoms with Crippen molar-refractivity contribution >= 4 is 30.5 Å². The number of nitrogens with zero attached hydrogens (tertiary/aromatic N) is 3. The van der Waals surface area contributed by atoms with Crippen LogP contribution >= 0.6 is 24.8 Å². The predicted molar refractivity (Wildman–Crippen MR) is 87.1 cm³/mol. The first-order valence-corrected chi connectivity index (χ1v) is 6.50. The number of benzene rings is 1. The summed E-state index contributed by atoms with van der Waals surface area (Å²) in [5, 5.41) is 33.1. The van der Waals surface area contributed by atoms with Crippen molar-refractivity contribution < 1.29 is 14.4 Å². The van der Waals surface area contributed by atoms with Gasteiger partial charge in [0, 0.05) is 37.8 Å². The molecule has 1 aliphatic heterocycles. The molecule has 10 heteroatoms. The van der Waals surface area contributed by atoms with Crippen LogP contribution in [-0.4, -0.2) is 47.8 Å². The van der Waals surface area contributed by atoms with Gasteiger partial charge in [-0.3, -0.25) is 15.0 Å². The van der Waals surface area contributed by atoms with Gasteiger partial charge in [0.25, 0.3) is 0 Å². The SMILES string of the molecule is Cl.Cl.N#Cc1cc([C@@H](CF)N2CCNCC2)c(O)c([N+](=O)[O-])c1. The van der Waals surface area contributed by atoms with Crippen LogP contribution in [-0.2, 0) is 0 Å². The van der Waals surface area contributed by atoms with Gasteiger partial charge in [-0.2, -0.15) is 5.26 Å². The van der Waals surface area contributed by atoms with Crippen LogP contribution in [0.2, 0.25) is 0 Å². The van der Waals surface area contributed by atoms with E-state index >= 15 is 0 Å². The Kier molecular flexibility index (Phi) is 8.79. The van der Waals surface area contributed by atoms with Gasteiger partial charge in [-0.15, -0.1) is 24.8 Å². The first kappa shape index (κ1) is 21.3. The third kappa shape index (κ3) is 4.65. The van der Waals surface area contributed by atoms with E-state index in [1.54, 1.807) is 11.0 Å². The second kappa shape index (κ2) is 9.47. The van der Waals surface area contributed by atoms with Gasteiger partial charge in [-0.25, -0.2) is 4.39 Å². The van der Waals surface area contributed by atoms with Crippen molar-refractivity contribution in [3.8, 4) is 11.8 Å². The summed E-state index contributed by atoms with van der Waals surface area (Å²) in [5.41, 5.74) is -0.453. The molecule has 1 saturated heterocycles. The van der Waals surface area contributed by atoms with Crippen molar-refractivity contribution in [1.29, 1.82) is 5.26 Å². The zero-order valence-corrected chi connectivity index (χ0v) is 13.7. The van der Waals surface area contributed by atoms with E-state index in [4.69, 9.17) is 5.26 Å². The first-order valence-electron chi connectivity index (χ1n) is 6.50. The Bertz CT molecular complexity index is 591. The molecule has 23 heavy (non-hydrogen) atoms. The topological polar surface area (TPSA) is 102 Å². The maximum Gasteiger partial charge on any atom is 0.312 e. The molecular weight excluding hydrogens is 350 g/mol. The van der Waals surface area contributed by atoms with E-state index in [0.29, 0.717) is 26.2 Å². The minimum absolute atomic E-state index is 0. The van der Waals surface area contributed by atoms with Gasteiger partial charge < -0.3 is 10.4 Å². The number of nitro groups is 1. The van der Waals surface area contributed by atoms with Crippen LogP contribution in [0.15, 0.2) is 12.1 Å². The highest BCUT2D eigenvalue weighted by Crippen LogP contribution is 2.37. The third-order valence-electron chi connectivity index (χ3n) is 3.54. The van der Waals surface area contributed by atoms with E-state index in [1.165, 1.54) is 6.07 Å². The number of nitrogens with one attached hydrogen (secondary N) is 1. The van der Waals surface area contributed by atoms with Gasteiger partial charge in [0.2, 0.25) is 0 Å². The van der Waals surface area contributed by atoms with Crippen molar-refractivity contribution in [3.05, 3.63) is 33.4 Å². The lowest BCUT2D eigenvalue weighted by atomic mass is 10.0. The molecule has 0 radical (unpaired) electrons. The average Bonchev–Trinajstić information content (AvgIpc) is 2.50. The summed E-state index contributed by atoms with van der Waals surface area (Å²) < 4.78 is 13.5. The summed E-state index contributed by atoms with van der Waals surface area (Å²) in [5.74, 6) is -0.569. The normalized spacial score (nSPS) is 15.7. The van der Waals surface area contributed by atoms with E-state index in [-0.39, 0.29) is 35.9 Å². The van der Waals surface area contributed by atoms with Crippen LogP contribution in [0.3, 0.4) is 0 Å². The van der Waals surface area contributed by atoms with Gasteiger partial charge >= 0.3 is 5.69 Å². The summed E-state index contributed by atoms with van der Waals surface area (Å²) in [6, 6.07) is 3.32. The minimum atomic E-state index is -0.793. The Morgan fingerprint density at radius 3 is 2.52 bits per heavy atom. The molecular formula is C13H17Cl2FN4O3. The van der Waals surface area contributed by atoms with Gasteiger partial charge in [0.15, 0.2) is 5.75 Å². The number of phenolic OH excluding ortho intramolecular Hbond substituents is 1. The maximum atomic E-state index is 13.5. The van der Waals surface area contributed by atoms with Crippen LogP contribution in [0.4, 0.5) is 10.1 Å². The number of hydrogen-bond donors (Lipinski definition) is 2. The molecule has 128 valence electrons. The zero-order valence-electron chi connectivity index (χ0n) is 12.1. The van der Waals surface area contributed by atoms with E-state index < -0.39 is 29.1 Å². The number of halogens is 3. The average molecular weight is 367 g/mol. The largest absolute Gasteiger partial charge is 0.502 e. The molecule has 1 aromatic carbocycles. The fourth-order valence-electron chi connectivity index (χ4n) is 2.47. The number of piperazine rings is 1. The molecule has 2 N–H and O–H groups in total. The second-order valence-corrected chi connectivity index (χ2v) is 4.76. The second-order valence-electron chi connectivity index (χ2n) is 4.76. The molecule has 1 heterocycles. The molecule has 1 aromatic rings. The molecule has 0 spiro atoms. The van der Waals surface area contributed by atoms with Crippen molar-refractivity contribution in [3.63, 3.8) is 0 Å². The molecule has 0 aromatic heterocycles. The number of rotatable bonds is 4. The quantitative estimate of drug-likeness (QED) is 0.623. The van der Waals surface area contributed by atoms with E-state index in [2.05, 4.69) is 5.32 Å². The number of nitriles is 1.